The summed E-state index contributed by atoms with van der Waals surface area (Å²) in [5.41, 5.74) is 8.47. The highest BCUT2D eigenvalue weighted by atomic mass is 32.2. The molecule has 3 rings (SSSR count). The predicted molar refractivity (Wildman–Crippen MR) is 139 cm³/mol. The van der Waals surface area contributed by atoms with Crippen LogP contribution in [-0.4, -0.2) is 64.1 Å². The minimum atomic E-state index is 0.201. The van der Waals surface area contributed by atoms with Crippen molar-refractivity contribution in [2.24, 2.45) is 5.73 Å². The summed E-state index contributed by atoms with van der Waals surface area (Å²) in [5, 5.41) is 18.1. The summed E-state index contributed by atoms with van der Waals surface area (Å²) >= 11 is 13.9. The Balaban J connectivity index is 0.000000221. The number of nitrogens with two attached hydrogens (primary N) is 1. The van der Waals surface area contributed by atoms with Gasteiger partial charge in [-0.2, -0.15) is 34.0 Å². The maximum absolute atomic E-state index is 9.13. The third kappa shape index (κ3) is 7.73. The molecule has 2 aliphatic rings. The van der Waals surface area contributed by atoms with Crippen LogP contribution in [0.5, 0.6) is 0 Å². The number of allylic oxidation sites excluding steroid dienone is 1. The number of rotatable bonds is 3. The van der Waals surface area contributed by atoms with Crippen molar-refractivity contribution in [3.8, 4) is 12.1 Å². The lowest BCUT2D eigenvalue weighted by molar-refractivity contribution is 0.371. The molecule has 31 heavy (non-hydrogen) atoms. The van der Waals surface area contributed by atoms with Crippen LogP contribution >= 0.6 is 48.0 Å². The Bertz CT molecular complexity index is 911. The van der Waals surface area contributed by atoms with Crippen LogP contribution in [0.25, 0.3) is 0 Å². The van der Waals surface area contributed by atoms with Crippen molar-refractivity contribution in [1.82, 2.24) is 9.88 Å². The number of nitrogens with zero attached hydrogens (tertiary/aromatic N) is 4. The number of anilines is 1. The van der Waals surface area contributed by atoms with Crippen LogP contribution in [0.15, 0.2) is 23.5 Å². The normalized spacial score (nSPS) is 17.6. The Morgan fingerprint density at radius 2 is 1.77 bits per heavy atom. The maximum Gasteiger partial charge on any atom is 0.123 e. The largest absolute Gasteiger partial charge is 0.389 e. The monoisotopic (exact) mass is 492 g/mol. The van der Waals surface area contributed by atoms with E-state index in [4.69, 9.17) is 40.7 Å². The molecule has 1 aromatic rings. The number of aromatic nitrogens is 1. The van der Waals surface area contributed by atoms with E-state index in [1.54, 1.807) is 0 Å². The van der Waals surface area contributed by atoms with Crippen LogP contribution in [0.3, 0.4) is 0 Å². The zero-order chi connectivity index (χ0) is 22.6. The molecule has 0 aromatic carbocycles. The van der Waals surface area contributed by atoms with Crippen molar-refractivity contribution in [3.05, 3.63) is 33.7 Å². The van der Waals surface area contributed by atoms with Gasteiger partial charge in [-0.05, 0) is 37.3 Å². The lowest BCUT2D eigenvalue weighted by atomic mass is 10.2. The van der Waals surface area contributed by atoms with Gasteiger partial charge in [-0.1, -0.05) is 24.4 Å². The molecule has 0 aliphatic carbocycles. The first kappa shape index (κ1) is 25.5. The van der Waals surface area contributed by atoms with Crippen LogP contribution in [-0.2, 0) is 0 Å². The Morgan fingerprint density at radius 1 is 1.10 bits per heavy atom. The molecule has 0 atom stereocenters. The number of hydrogen-bond donors (Lipinski definition) is 2. The molecule has 0 unspecified atom stereocenters. The van der Waals surface area contributed by atoms with Crippen molar-refractivity contribution >= 4 is 58.6 Å². The van der Waals surface area contributed by atoms with Crippen molar-refractivity contribution < 1.29 is 0 Å². The van der Waals surface area contributed by atoms with Gasteiger partial charge in [0.25, 0.3) is 0 Å². The summed E-state index contributed by atoms with van der Waals surface area (Å²) in [6.07, 6.45) is 4.13. The number of H-pyrrole nitrogens is 1. The fraction of sp³-hybridized carbons (Fsp3) is 0.524. The molecule has 0 radical (unpaired) electrons. The topological polar surface area (TPSA) is 95.9 Å². The van der Waals surface area contributed by atoms with Crippen molar-refractivity contribution in [3.63, 3.8) is 0 Å². The molecule has 0 bridgehead atoms. The molecule has 2 aliphatic heterocycles. The molecule has 1 aromatic heterocycles. The Hall–Kier alpha value is -1.72. The van der Waals surface area contributed by atoms with Gasteiger partial charge in [0.1, 0.15) is 32.9 Å². The first-order chi connectivity index (χ1) is 15.0. The van der Waals surface area contributed by atoms with Gasteiger partial charge in [0.05, 0.1) is 5.69 Å². The van der Waals surface area contributed by atoms with E-state index in [0.717, 1.165) is 55.5 Å². The van der Waals surface area contributed by atoms with Crippen LogP contribution in [0.4, 0.5) is 5.69 Å². The van der Waals surface area contributed by atoms with E-state index in [2.05, 4.69) is 26.9 Å². The molecule has 3 heterocycles. The van der Waals surface area contributed by atoms with Gasteiger partial charge in [-0.15, -0.1) is 0 Å². The van der Waals surface area contributed by atoms with Crippen LogP contribution < -0.4 is 10.6 Å². The Labute approximate surface area is 203 Å². The number of pyridine rings is 1. The second kappa shape index (κ2) is 13.6. The molecular weight excluding hydrogens is 465 g/mol. The number of thiocarbonyl (C=S) groups is 1. The molecule has 0 saturated carbocycles. The number of nitrogens with one attached hydrogen (secondary N) is 1. The molecule has 0 amide bonds. The predicted octanol–water partition coefficient (Wildman–Crippen LogP) is 4.07. The van der Waals surface area contributed by atoms with Gasteiger partial charge in [0.15, 0.2) is 0 Å². The van der Waals surface area contributed by atoms with Crippen molar-refractivity contribution in [2.75, 3.05) is 54.1 Å². The van der Waals surface area contributed by atoms with Gasteiger partial charge >= 0.3 is 0 Å². The average Bonchev–Trinajstić information content (AvgIpc) is 3.20. The first-order valence-electron chi connectivity index (χ1n) is 10.2. The van der Waals surface area contributed by atoms with Gasteiger partial charge < -0.3 is 20.5 Å². The lowest BCUT2D eigenvalue weighted by Crippen LogP contribution is -2.27. The Morgan fingerprint density at radius 3 is 2.42 bits per heavy atom. The van der Waals surface area contributed by atoms with Crippen molar-refractivity contribution in [1.29, 1.82) is 10.5 Å². The molecule has 3 N–H and O–H groups in total. The van der Waals surface area contributed by atoms with E-state index in [9.17, 15) is 0 Å². The number of nitriles is 2. The fourth-order valence-electron chi connectivity index (χ4n) is 3.38. The summed E-state index contributed by atoms with van der Waals surface area (Å²) in [6.45, 7) is 5.91. The Kier molecular flexibility index (Phi) is 11.2. The van der Waals surface area contributed by atoms with Crippen LogP contribution in [0.2, 0.25) is 0 Å². The highest BCUT2D eigenvalue weighted by molar-refractivity contribution is 7.99. The highest BCUT2D eigenvalue weighted by Crippen LogP contribution is 2.23. The zero-order valence-electron chi connectivity index (χ0n) is 17.7. The molecule has 2 saturated heterocycles. The lowest BCUT2D eigenvalue weighted by Gasteiger charge is -2.23. The number of aromatic amines is 1. The quantitative estimate of drug-likeness (QED) is 0.368. The smallest absolute Gasteiger partial charge is 0.123 e. The highest BCUT2D eigenvalue weighted by Gasteiger charge is 2.15. The zero-order valence-corrected chi connectivity index (χ0v) is 21.0. The van der Waals surface area contributed by atoms with Gasteiger partial charge in [0, 0.05) is 49.6 Å². The third-order valence-electron chi connectivity index (χ3n) is 5.03. The second-order valence-corrected chi connectivity index (χ2v) is 10.3. The third-order valence-corrected chi connectivity index (χ3v) is 7.65. The fourth-order valence-corrected chi connectivity index (χ4v) is 5.57. The average molecular weight is 493 g/mol. The van der Waals surface area contributed by atoms with Crippen molar-refractivity contribution in [2.45, 2.75) is 19.8 Å². The van der Waals surface area contributed by atoms with Gasteiger partial charge in [0.2, 0.25) is 0 Å². The molecule has 0 spiro atoms. The molecule has 6 nitrogen and oxygen atoms in total. The van der Waals surface area contributed by atoms with E-state index in [1.807, 2.05) is 42.7 Å². The minimum absolute atomic E-state index is 0.201. The molecular formula is C21H28N6S4. The molecule has 166 valence electrons. The van der Waals surface area contributed by atoms with Crippen LogP contribution in [0.1, 0.15) is 25.3 Å². The standard InChI is InChI=1S/C11H13N3S2.C10H15N3S2/c12-8-9-10(2-3-13-11(9)15)14-4-1-6-16-7-5-14;1-8(9(7-11)10(12)14)13-3-2-5-15-6-4-13/h2-3H,1,4-7H2,(H,13,15);2-6H2,1H3,(H2,12,14)/b;9-8-. The van der Waals surface area contributed by atoms with Gasteiger partial charge in [-0.3, -0.25) is 0 Å². The summed E-state index contributed by atoms with van der Waals surface area (Å²) in [7, 11) is 0. The SMILES string of the molecule is C/C(=C(\C#N)C(N)=S)N1CCCSCC1.N#Cc1c(N2CCCSCC2)cc[nH]c1=S. The second-order valence-electron chi connectivity index (χ2n) is 7.02. The van der Waals surface area contributed by atoms with E-state index < -0.39 is 0 Å². The van der Waals surface area contributed by atoms with Gasteiger partial charge in [-0.25, -0.2) is 0 Å². The molecule has 10 heteroatoms. The summed E-state index contributed by atoms with van der Waals surface area (Å²) < 4.78 is 0.539. The number of thioether (sulfide) groups is 2. The van der Waals surface area contributed by atoms with E-state index in [0.29, 0.717) is 15.8 Å². The van der Waals surface area contributed by atoms with E-state index in [-0.39, 0.29) is 4.99 Å². The maximum atomic E-state index is 9.13. The number of hydrogen-bond acceptors (Lipinski definition) is 8. The minimum Gasteiger partial charge on any atom is -0.389 e. The summed E-state index contributed by atoms with van der Waals surface area (Å²) in [6, 6.07) is 6.23. The van der Waals surface area contributed by atoms with Crippen LogP contribution in [0, 0.1) is 27.3 Å². The first-order valence-corrected chi connectivity index (χ1v) is 13.3. The molecule has 2 fully saturated rings. The summed E-state index contributed by atoms with van der Waals surface area (Å²) in [5.74, 6) is 4.63. The van der Waals surface area contributed by atoms with E-state index in [1.165, 1.54) is 17.9 Å². The van der Waals surface area contributed by atoms with E-state index >= 15 is 0 Å². The summed E-state index contributed by atoms with van der Waals surface area (Å²) in [4.78, 5) is 7.58.